The van der Waals surface area contributed by atoms with Crippen molar-refractivity contribution in [3.63, 3.8) is 0 Å². The highest BCUT2D eigenvalue weighted by atomic mass is 16.3. The van der Waals surface area contributed by atoms with Gasteiger partial charge >= 0.3 is 0 Å². The van der Waals surface area contributed by atoms with Crippen LogP contribution in [0.3, 0.4) is 0 Å². The molecule has 3 atom stereocenters. The monoisotopic (exact) mass is 258 g/mol. The summed E-state index contributed by atoms with van der Waals surface area (Å²) in [5.41, 5.74) is 0.211. The maximum atomic E-state index is 9.61. The van der Waals surface area contributed by atoms with Crippen molar-refractivity contribution in [2.24, 2.45) is 5.41 Å². The van der Waals surface area contributed by atoms with Gasteiger partial charge in [-0.2, -0.15) is 0 Å². The number of nitrogens with one attached hydrogen (secondary N) is 1. The van der Waals surface area contributed by atoms with Gasteiger partial charge in [0.1, 0.15) is 0 Å². The minimum absolute atomic E-state index is 0.211. The molecular formula is C14H30N2O2. The van der Waals surface area contributed by atoms with Crippen LogP contribution in [0.25, 0.3) is 0 Å². The summed E-state index contributed by atoms with van der Waals surface area (Å²) in [7, 11) is 0. The second-order valence-electron chi connectivity index (χ2n) is 6.43. The summed E-state index contributed by atoms with van der Waals surface area (Å²) in [5, 5.41) is 22.7. The smallest absolute Gasteiger partial charge is 0.0938 e. The summed E-state index contributed by atoms with van der Waals surface area (Å²) in [6, 6.07) is 0.496. The lowest BCUT2D eigenvalue weighted by atomic mass is 9.84. The molecule has 4 nitrogen and oxygen atoms in total. The molecule has 3 unspecified atom stereocenters. The number of likely N-dealkylation sites (tertiary alicyclic amines) is 1. The molecule has 1 fully saturated rings. The van der Waals surface area contributed by atoms with Crippen molar-refractivity contribution in [1.82, 2.24) is 10.2 Å². The van der Waals surface area contributed by atoms with E-state index >= 15 is 0 Å². The van der Waals surface area contributed by atoms with Crippen LogP contribution < -0.4 is 5.32 Å². The highest BCUT2D eigenvalue weighted by Crippen LogP contribution is 2.26. The van der Waals surface area contributed by atoms with Gasteiger partial charge in [-0.25, -0.2) is 0 Å². The molecule has 1 aliphatic heterocycles. The van der Waals surface area contributed by atoms with Crippen molar-refractivity contribution in [2.45, 2.75) is 58.8 Å². The number of nitrogens with zero attached hydrogens (tertiary/aromatic N) is 1. The second kappa shape index (κ2) is 6.85. The largest absolute Gasteiger partial charge is 0.389 e. The Hall–Kier alpha value is -0.160. The zero-order chi connectivity index (χ0) is 13.8. The Labute approximate surface area is 111 Å². The van der Waals surface area contributed by atoms with Gasteiger partial charge in [-0.1, -0.05) is 34.1 Å². The van der Waals surface area contributed by atoms with Crippen LogP contribution in [-0.4, -0.2) is 59.5 Å². The topological polar surface area (TPSA) is 55.7 Å². The highest BCUT2D eigenvalue weighted by Gasteiger charge is 2.34. The third-order valence-corrected chi connectivity index (χ3v) is 3.73. The van der Waals surface area contributed by atoms with E-state index in [1.54, 1.807) is 0 Å². The molecule has 0 aromatic heterocycles. The zero-order valence-electron chi connectivity index (χ0n) is 12.3. The van der Waals surface area contributed by atoms with Crippen molar-refractivity contribution >= 4 is 0 Å². The fourth-order valence-corrected chi connectivity index (χ4v) is 2.79. The molecule has 18 heavy (non-hydrogen) atoms. The van der Waals surface area contributed by atoms with Gasteiger partial charge < -0.3 is 15.5 Å². The number of hydrogen-bond acceptors (Lipinski definition) is 4. The van der Waals surface area contributed by atoms with Crippen LogP contribution in [0, 0.1) is 5.41 Å². The Morgan fingerprint density at radius 2 is 1.83 bits per heavy atom. The molecule has 0 aliphatic carbocycles. The molecule has 1 heterocycles. The van der Waals surface area contributed by atoms with Crippen LogP contribution in [0.4, 0.5) is 0 Å². The molecule has 0 spiro atoms. The van der Waals surface area contributed by atoms with Gasteiger partial charge in [0.05, 0.1) is 12.2 Å². The predicted molar refractivity (Wildman–Crippen MR) is 74.6 cm³/mol. The second-order valence-corrected chi connectivity index (χ2v) is 6.43. The van der Waals surface area contributed by atoms with Gasteiger partial charge in [0, 0.05) is 32.2 Å². The average Bonchev–Trinajstić information content (AvgIpc) is 2.55. The first-order valence-corrected chi connectivity index (χ1v) is 7.18. The van der Waals surface area contributed by atoms with Crippen molar-refractivity contribution < 1.29 is 10.2 Å². The molecule has 4 heteroatoms. The predicted octanol–water partition coefficient (Wildman–Crippen LogP) is 0.828. The van der Waals surface area contributed by atoms with E-state index in [-0.39, 0.29) is 5.41 Å². The van der Waals surface area contributed by atoms with Gasteiger partial charge in [-0.3, -0.25) is 4.90 Å². The van der Waals surface area contributed by atoms with Crippen LogP contribution in [-0.2, 0) is 0 Å². The number of rotatable bonds is 7. The van der Waals surface area contributed by atoms with Gasteiger partial charge in [0.15, 0.2) is 0 Å². The van der Waals surface area contributed by atoms with E-state index in [0.717, 1.165) is 25.9 Å². The molecule has 108 valence electrons. The first-order chi connectivity index (χ1) is 8.36. The average molecular weight is 258 g/mol. The molecule has 1 rings (SSSR count). The molecular weight excluding hydrogens is 228 g/mol. The molecule has 0 aromatic rings. The van der Waals surface area contributed by atoms with Crippen LogP contribution >= 0.6 is 0 Å². The van der Waals surface area contributed by atoms with Gasteiger partial charge in [0.2, 0.25) is 0 Å². The lowest BCUT2D eigenvalue weighted by molar-refractivity contribution is 0.0572. The fourth-order valence-electron chi connectivity index (χ4n) is 2.79. The zero-order valence-corrected chi connectivity index (χ0v) is 12.3. The van der Waals surface area contributed by atoms with Crippen LogP contribution in [0.1, 0.15) is 40.5 Å². The Morgan fingerprint density at radius 3 is 2.28 bits per heavy atom. The summed E-state index contributed by atoms with van der Waals surface area (Å²) in [6.45, 7) is 12.0. The number of aliphatic hydroxyl groups is 2. The molecule has 1 aliphatic rings. The van der Waals surface area contributed by atoms with E-state index in [2.05, 4.69) is 37.9 Å². The Bertz CT molecular complexity index is 238. The molecule has 0 aromatic carbocycles. The van der Waals surface area contributed by atoms with Crippen LogP contribution in [0.15, 0.2) is 0 Å². The molecule has 3 N–H and O–H groups in total. The molecule has 0 radical (unpaired) electrons. The lowest BCUT2D eigenvalue weighted by Crippen LogP contribution is -2.43. The Kier molecular flexibility index (Phi) is 6.05. The van der Waals surface area contributed by atoms with E-state index in [1.807, 2.05) is 0 Å². The van der Waals surface area contributed by atoms with Crippen molar-refractivity contribution in [3.8, 4) is 0 Å². The Balaban J connectivity index is 2.51. The van der Waals surface area contributed by atoms with Crippen molar-refractivity contribution in [1.29, 1.82) is 0 Å². The van der Waals surface area contributed by atoms with Gasteiger partial charge in [-0.05, 0) is 11.8 Å². The number of hydrogen-bond donors (Lipinski definition) is 3. The van der Waals surface area contributed by atoms with Gasteiger partial charge in [0.25, 0.3) is 0 Å². The summed E-state index contributed by atoms with van der Waals surface area (Å²) in [6.07, 6.45) is 1.17. The van der Waals surface area contributed by atoms with E-state index in [0.29, 0.717) is 19.1 Å². The first-order valence-electron chi connectivity index (χ1n) is 7.18. The molecule has 0 saturated carbocycles. The molecule has 0 amide bonds. The summed E-state index contributed by atoms with van der Waals surface area (Å²) < 4.78 is 0. The minimum atomic E-state index is -0.575. The standard InChI is InChI=1S/C14H30N2O2/c1-5-6-14(4,9-15-11(2)3)10-16-7-12(17)13(18)8-16/h11-13,15,17-18H,5-10H2,1-4H3. The third-order valence-electron chi connectivity index (χ3n) is 3.73. The number of β-amino-alcohol motifs (C(OH)–C–C–N with tert-alkyl or cyclic N) is 2. The SMILES string of the molecule is CCCC(C)(CNC(C)C)CN1CC(O)C(O)C1. The minimum Gasteiger partial charge on any atom is -0.389 e. The van der Waals surface area contributed by atoms with Crippen LogP contribution in [0.5, 0.6) is 0 Å². The summed E-state index contributed by atoms with van der Waals surface area (Å²) in [4.78, 5) is 2.19. The van der Waals surface area contributed by atoms with Gasteiger partial charge in [-0.15, -0.1) is 0 Å². The molecule has 0 bridgehead atoms. The first kappa shape index (κ1) is 15.9. The van der Waals surface area contributed by atoms with E-state index < -0.39 is 12.2 Å². The van der Waals surface area contributed by atoms with Crippen LogP contribution in [0.2, 0.25) is 0 Å². The van der Waals surface area contributed by atoms with Crippen molar-refractivity contribution in [3.05, 3.63) is 0 Å². The third kappa shape index (κ3) is 4.84. The number of aliphatic hydroxyl groups excluding tert-OH is 2. The van der Waals surface area contributed by atoms with Crippen molar-refractivity contribution in [2.75, 3.05) is 26.2 Å². The normalized spacial score (nSPS) is 28.8. The maximum Gasteiger partial charge on any atom is 0.0938 e. The van der Waals surface area contributed by atoms with E-state index in [4.69, 9.17) is 0 Å². The molecule has 1 saturated heterocycles. The van der Waals surface area contributed by atoms with E-state index in [1.165, 1.54) is 0 Å². The summed E-state index contributed by atoms with van der Waals surface area (Å²) in [5.74, 6) is 0. The highest BCUT2D eigenvalue weighted by molar-refractivity contribution is 4.88. The lowest BCUT2D eigenvalue weighted by Gasteiger charge is -2.34. The quantitative estimate of drug-likeness (QED) is 0.633. The summed E-state index contributed by atoms with van der Waals surface area (Å²) >= 11 is 0. The Morgan fingerprint density at radius 1 is 1.28 bits per heavy atom. The maximum absolute atomic E-state index is 9.61. The fraction of sp³-hybridized carbons (Fsp3) is 1.00. The van der Waals surface area contributed by atoms with E-state index in [9.17, 15) is 10.2 Å².